The highest BCUT2D eigenvalue weighted by molar-refractivity contribution is 7.12. The Kier molecular flexibility index (Phi) is 4.28. The molecule has 22 heavy (non-hydrogen) atoms. The third-order valence-corrected chi connectivity index (χ3v) is 3.91. The number of aryl methyl sites for hydroxylation is 1. The van der Waals surface area contributed by atoms with Crippen LogP contribution in [-0.2, 0) is 19.6 Å². The standard InChI is InChI=1S/C13H10F5NO2S/c1-19-6-2-3-9(11(19)20)21-7-8-4-5-10(22-8)12(14,15)13(16,17)18/h2-6H,7H2,1H3. The molecule has 2 rings (SSSR count). The third-order valence-electron chi connectivity index (χ3n) is 2.79. The van der Waals surface area contributed by atoms with Gasteiger partial charge in [0.05, 0.1) is 4.88 Å². The van der Waals surface area contributed by atoms with Crippen LogP contribution >= 0.6 is 11.3 Å². The van der Waals surface area contributed by atoms with E-state index in [4.69, 9.17) is 4.74 Å². The van der Waals surface area contributed by atoms with E-state index in [2.05, 4.69) is 0 Å². The van der Waals surface area contributed by atoms with Gasteiger partial charge < -0.3 is 9.30 Å². The van der Waals surface area contributed by atoms with Crippen LogP contribution in [0.4, 0.5) is 22.0 Å². The molecule has 0 aromatic carbocycles. The molecule has 0 aliphatic carbocycles. The lowest BCUT2D eigenvalue weighted by Gasteiger charge is -2.17. The lowest BCUT2D eigenvalue weighted by Crippen LogP contribution is -2.32. The minimum atomic E-state index is -5.65. The molecule has 2 aromatic heterocycles. The summed E-state index contributed by atoms with van der Waals surface area (Å²) in [6.07, 6.45) is -4.15. The molecule has 120 valence electrons. The van der Waals surface area contributed by atoms with Crippen LogP contribution in [0.2, 0.25) is 0 Å². The molecule has 0 unspecified atom stereocenters. The summed E-state index contributed by atoms with van der Waals surface area (Å²) in [5, 5.41) is 0. The second-order valence-corrected chi connectivity index (χ2v) is 5.58. The summed E-state index contributed by atoms with van der Waals surface area (Å²) < 4.78 is 69.5. The number of nitrogens with zero attached hydrogens (tertiary/aromatic N) is 1. The molecule has 2 heterocycles. The summed E-state index contributed by atoms with van der Waals surface area (Å²) in [5.74, 6) is -4.92. The van der Waals surface area contributed by atoms with E-state index in [0.717, 1.165) is 6.07 Å². The Bertz CT molecular complexity index is 720. The second kappa shape index (κ2) is 5.71. The maximum atomic E-state index is 13.1. The number of alkyl halides is 5. The lowest BCUT2D eigenvalue weighted by molar-refractivity contribution is -0.287. The van der Waals surface area contributed by atoms with Gasteiger partial charge in [0, 0.05) is 18.1 Å². The van der Waals surface area contributed by atoms with Crippen molar-refractivity contribution in [1.82, 2.24) is 4.57 Å². The number of aromatic nitrogens is 1. The zero-order valence-corrected chi connectivity index (χ0v) is 12.0. The Morgan fingerprint density at radius 2 is 1.86 bits per heavy atom. The smallest absolute Gasteiger partial charge is 0.458 e. The van der Waals surface area contributed by atoms with Crippen molar-refractivity contribution in [3.63, 3.8) is 0 Å². The van der Waals surface area contributed by atoms with Gasteiger partial charge in [0.1, 0.15) is 6.61 Å². The summed E-state index contributed by atoms with van der Waals surface area (Å²) >= 11 is 0.292. The van der Waals surface area contributed by atoms with Gasteiger partial charge >= 0.3 is 12.1 Å². The molecule has 0 N–H and O–H groups in total. The fraction of sp³-hybridized carbons (Fsp3) is 0.308. The number of rotatable bonds is 4. The average Bonchev–Trinajstić information content (AvgIpc) is 2.88. The first kappa shape index (κ1) is 16.5. The van der Waals surface area contributed by atoms with Crippen LogP contribution in [0.5, 0.6) is 5.75 Å². The molecular weight excluding hydrogens is 329 g/mol. The molecule has 0 aliphatic heterocycles. The average molecular weight is 339 g/mol. The van der Waals surface area contributed by atoms with E-state index in [1.165, 1.54) is 23.9 Å². The zero-order chi connectivity index (χ0) is 16.5. The van der Waals surface area contributed by atoms with Gasteiger partial charge in [-0.3, -0.25) is 4.79 Å². The molecule has 0 saturated heterocycles. The summed E-state index contributed by atoms with van der Waals surface area (Å²) in [4.78, 5) is 10.7. The molecular formula is C13H10F5NO2S. The molecule has 0 radical (unpaired) electrons. The molecule has 0 atom stereocenters. The first-order valence-corrected chi connectivity index (χ1v) is 6.77. The molecule has 0 amide bonds. The van der Waals surface area contributed by atoms with E-state index < -0.39 is 22.5 Å². The highest BCUT2D eigenvalue weighted by atomic mass is 32.1. The quantitative estimate of drug-likeness (QED) is 0.796. The number of ether oxygens (including phenoxy) is 1. The zero-order valence-electron chi connectivity index (χ0n) is 11.2. The van der Waals surface area contributed by atoms with E-state index >= 15 is 0 Å². The van der Waals surface area contributed by atoms with Crippen LogP contribution in [0, 0.1) is 0 Å². The minimum absolute atomic E-state index is 0.0115. The topological polar surface area (TPSA) is 31.2 Å². The third kappa shape index (κ3) is 3.13. The van der Waals surface area contributed by atoms with Crippen molar-refractivity contribution in [3.05, 3.63) is 50.6 Å². The van der Waals surface area contributed by atoms with Crippen LogP contribution in [0.3, 0.4) is 0 Å². The highest BCUT2D eigenvalue weighted by Crippen LogP contribution is 2.46. The van der Waals surface area contributed by atoms with Gasteiger partial charge in [-0.1, -0.05) is 0 Å². The summed E-state index contributed by atoms with van der Waals surface area (Å²) in [6, 6.07) is 4.77. The Morgan fingerprint density at radius 3 is 2.50 bits per heavy atom. The van der Waals surface area contributed by atoms with Crippen LogP contribution in [0.15, 0.2) is 35.3 Å². The Labute approximate surface area is 125 Å². The molecule has 0 aliphatic rings. The summed E-state index contributed by atoms with van der Waals surface area (Å²) in [6.45, 7) is -0.266. The van der Waals surface area contributed by atoms with E-state index in [-0.39, 0.29) is 17.2 Å². The lowest BCUT2D eigenvalue weighted by atomic mass is 10.2. The van der Waals surface area contributed by atoms with Gasteiger partial charge in [0.15, 0.2) is 5.75 Å². The van der Waals surface area contributed by atoms with Gasteiger partial charge in [0.2, 0.25) is 0 Å². The van der Waals surface area contributed by atoms with Gasteiger partial charge in [-0.15, -0.1) is 11.3 Å². The van der Waals surface area contributed by atoms with E-state index in [9.17, 15) is 26.7 Å². The van der Waals surface area contributed by atoms with Gasteiger partial charge in [0.25, 0.3) is 5.56 Å². The van der Waals surface area contributed by atoms with Crippen molar-refractivity contribution in [1.29, 1.82) is 0 Å². The van der Waals surface area contributed by atoms with Crippen LogP contribution in [0.1, 0.15) is 9.75 Å². The number of halogens is 5. The van der Waals surface area contributed by atoms with Gasteiger partial charge in [-0.05, 0) is 24.3 Å². The number of thiophene rings is 1. The minimum Gasteiger partial charge on any atom is -0.482 e. The maximum Gasteiger partial charge on any atom is 0.458 e. The summed E-state index contributed by atoms with van der Waals surface area (Å²) in [5.41, 5.74) is -0.431. The monoisotopic (exact) mass is 339 g/mol. The normalized spacial score (nSPS) is 12.5. The second-order valence-electron chi connectivity index (χ2n) is 4.42. The van der Waals surface area contributed by atoms with E-state index in [1.54, 1.807) is 6.07 Å². The number of hydrogen-bond donors (Lipinski definition) is 0. The van der Waals surface area contributed by atoms with Gasteiger partial charge in [-0.2, -0.15) is 22.0 Å². The predicted molar refractivity (Wildman–Crippen MR) is 70.3 cm³/mol. The Balaban J connectivity index is 2.14. The Morgan fingerprint density at radius 1 is 1.18 bits per heavy atom. The van der Waals surface area contributed by atoms with Crippen LogP contribution in [0.25, 0.3) is 0 Å². The number of hydrogen-bond acceptors (Lipinski definition) is 3. The molecule has 2 aromatic rings. The fourth-order valence-electron chi connectivity index (χ4n) is 1.59. The van der Waals surface area contributed by atoms with Crippen molar-refractivity contribution < 1.29 is 26.7 Å². The van der Waals surface area contributed by atoms with Crippen molar-refractivity contribution in [2.24, 2.45) is 7.05 Å². The van der Waals surface area contributed by atoms with Crippen molar-refractivity contribution in [2.75, 3.05) is 0 Å². The van der Waals surface area contributed by atoms with E-state index in [0.29, 0.717) is 17.4 Å². The summed E-state index contributed by atoms with van der Waals surface area (Å²) in [7, 11) is 1.50. The Hall–Kier alpha value is -1.90. The molecule has 0 bridgehead atoms. The first-order chi connectivity index (χ1) is 10.1. The van der Waals surface area contributed by atoms with Crippen LogP contribution < -0.4 is 10.3 Å². The van der Waals surface area contributed by atoms with Crippen molar-refractivity contribution in [2.45, 2.75) is 18.7 Å². The van der Waals surface area contributed by atoms with Crippen LogP contribution in [-0.4, -0.2) is 10.7 Å². The van der Waals surface area contributed by atoms with Gasteiger partial charge in [-0.25, -0.2) is 0 Å². The molecule has 3 nitrogen and oxygen atoms in total. The van der Waals surface area contributed by atoms with Crippen molar-refractivity contribution in [3.8, 4) is 5.75 Å². The van der Waals surface area contributed by atoms with E-state index in [1.807, 2.05) is 0 Å². The maximum absolute atomic E-state index is 13.1. The fourth-order valence-corrected chi connectivity index (χ4v) is 2.51. The first-order valence-electron chi connectivity index (χ1n) is 5.95. The van der Waals surface area contributed by atoms with Crippen molar-refractivity contribution >= 4 is 11.3 Å². The molecule has 0 spiro atoms. The molecule has 0 fully saturated rings. The number of pyridine rings is 1. The predicted octanol–water partition coefficient (Wildman–Crippen LogP) is 3.68. The SMILES string of the molecule is Cn1cccc(OCc2ccc(C(F)(F)C(F)(F)F)s2)c1=O. The molecule has 0 saturated carbocycles. The molecule has 9 heteroatoms. The highest BCUT2D eigenvalue weighted by Gasteiger charge is 2.59. The largest absolute Gasteiger partial charge is 0.482 e.